The summed E-state index contributed by atoms with van der Waals surface area (Å²) in [6, 6.07) is 11.3. The summed E-state index contributed by atoms with van der Waals surface area (Å²) in [6.45, 7) is 2.08. The minimum Gasteiger partial charge on any atom is -0.496 e. The van der Waals surface area contributed by atoms with E-state index in [1.165, 1.54) is 0 Å². The first kappa shape index (κ1) is 13.4. The van der Waals surface area contributed by atoms with Crippen LogP contribution in [0.3, 0.4) is 0 Å². The fourth-order valence-electron chi connectivity index (χ4n) is 2.03. The number of fused-ring (bicyclic) bond motifs is 1. The molecule has 2 aromatic rings. The van der Waals surface area contributed by atoms with Crippen molar-refractivity contribution in [2.45, 2.75) is 19.5 Å². The third-order valence-corrected chi connectivity index (χ3v) is 3.17. The van der Waals surface area contributed by atoms with Crippen molar-refractivity contribution < 1.29 is 14.6 Å². The number of carbonyl (C=O) groups is 1. The molecule has 2 aromatic carbocycles. The van der Waals surface area contributed by atoms with Crippen LogP contribution in [0.4, 0.5) is 0 Å². The van der Waals surface area contributed by atoms with Gasteiger partial charge in [0.25, 0.3) is 0 Å². The van der Waals surface area contributed by atoms with Crippen LogP contribution in [0.25, 0.3) is 10.8 Å². The molecule has 4 nitrogen and oxygen atoms in total. The molecule has 1 atom stereocenters. The molecule has 0 aliphatic heterocycles. The molecular formula is C15H17NO3. The van der Waals surface area contributed by atoms with E-state index in [0.29, 0.717) is 6.54 Å². The molecule has 100 valence electrons. The summed E-state index contributed by atoms with van der Waals surface area (Å²) >= 11 is 0. The van der Waals surface area contributed by atoms with Gasteiger partial charge in [0.05, 0.1) is 7.11 Å². The zero-order valence-corrected chi connectivity index (χ0v) is 11.0. The number of aliphatic carboxylic acids is 1. The van der Waals surface area contributed by atoms with Gasteiger partial charge in [-0.2, -0.15) is 0 Å². The van der Waals surface area contributed by atoms with Crippen LogP contribution in [0.5, 0.6) is 5.75 Å². The van der Waals surface area contributed by atoms with Crippen LogP contribution in [0.1, 0.15) is 12.5 Å². The highest BCUT2D eigenvalue weighted by molar-refractivity contribution is 5.87. The van der Waals surface area contributed by atoms with E-state index in [4.69, 9.17) is 9.84 Å². The highest BCUT2D eigenvalue weighted by Gasteiger charge is 2.13. The summed E-state index contributed by atoms with van der Waals surface area (Å²) < 4.78 is 5.36. The van der Waals surface area contributed by atoms with Gasteiger partial charge < -0.3 is 15.2 Å². The zero-order chi connectivity index (χ0) is 13.8. The fourth-order valence-corrected chi connectivity index (χ4v) is 2.03. The SMILES string of the molecule is COc1ccc2ccccc2c1CNC(C)C(=O)O. The molecule has 2 N–H and O–H groups in total. The molecule has 0 fully saturated rings. The van der Waals surface area contributed by atoms with Crippen molar-refractivity contribution in [3.63, 3.8) is 0 Å². The molecule has 2 rings (SSSR count). The molecular weight excluding hydrogens is 242 g/mol. The smallest absolute Gasteiger partial charge is 0.320 e. The Kier molecular flexibility index (Phi) is 4.02. The van der Waals surface area contributed by atoms with Gasteiger partial charge in [0, 0.05) is 12.1 Å². The lowest BCUT2D eigenvalue weighted by Gasteiger charge is -2.14. The van der Waals surface area contributed by atoms with Crippen molar-refractivity contribution in [2.75, 3.05) is 7.11 Å². The average Bonchev–Trinajstić information content (AvgIpc) is 2.43. The van der Waals surface area contributed by atoms with E-state index in [0.717, 1.165) is 22.1 Å². The second-order valence-electron chi connectivity index (χ2n) is 4.41. The Morgan fingerprint density at radius 1 is 1.32 bits per heavy atom. The predicted molar refractivity (Wildman–Crippen MR) is 74.4 cm³/mol. The van der Waals surface area contributed by atoms with Gasteiger partial charge in [0.15, 0.2) is 0 Å². The third kappa shape index (κ3) is 2.85. The maximum Gasteiger partial charge on any atom is 0.320 e. The topological polar surface area (TPSA) is 58.6 Å². The van der Waals surface area contributed by atoms with E-state index < -0.39 is 12.0 Å². The zero-order valence-electron chi connectivity index (χ0n) is 11.0. The van der Waals surface area contributed by atoms with E-state index in [1.54, 1.807) is 14.0 Å². The molecule has 0 aromatic heterocycles. The lowest BCUT2D eigenvalue weighted by atomic mass is 10.0. The summed E-state index contributed by atoms with van der Waals surface area (Å²) in [5.41, 5.74) is 0.980. The lowest BCUT2D eigenvalue weighted by Crippen LogP contribution is -2.33. The fraction of sp³-hybridized carbons (Fsp3) is 0.267. The maximum atomic E-state index is 10.8. The molecule has 4 heteroatoms. The molecule has 19 heavy (non-hydrogen) atoms. The first-order valence-corrected chi connectivity index (χ1v) is 6.14. The Balaban J connectivity index is 2.36. The number of benzene rings is 2. The number of hydrogen-bond acceptors (Lipinski definition) is 3. The summed E-state index contributed by atoms with van der Waals surface area (Å²) in [4.78, 5) is 10.8. The molecule has 0 amide bonds. The van der Waals surface area contributed by atoms with Gasteiger partial charge in [-0.15, -0.1) is 0 Å². The van der Waals surface area contributed by atoms with Crippen LogP contribution in [-0.2, 0) is 11.3 Å². The Morgan fingerprint density at radius 2 is 2.05 bits per heavy atom. The molecule has 0 heterocycles. The summed E-state index contributed by atoms with van der Waals surface area (Å²) in [5.74, 6) is -0.0945. The van der Waals surface area contributed by atoms with Crippen molar-refractivity contribution in [1.82, 2.24) is 5.32 Å². The normalized spacial score (nSPS) is 12.3. The van der Waals surface area contributed by atoms with Crippen LogP contribution in [0.2, 0.25) is 0 Å². The van der Waals surface area contributed by atoms with Crippen molar-refractivity contribution in [2.24, 2.45) is 0 Å². The monoisotopic (exact) mass is 259 g/mol. The molecule has 1 unspecified atom stereocenters. The van der Waals surface area contributed by atoms with E-state index in [9.17, 15) is 4.79 Å². The Bertz CT molecular complexity index is 595. The van der Waals surface area contributed by atoms with Crippen LogP contribution in [0.15, 0.2) is 36.4 Å². The number of carboxylic acid groups (broad SMARTS) is 1. The van der Waals surface area contributed by atoms with E-state index in [2.05, 4.69) is 5.32 Å². The van der Waals surface area contributed by atoms with Gasteiger partial charge >= 0.3 is 5.97 Å². The Hall–Kier alpha value is -2.07. The van der Waals surface area contributed by atoms with E-state index >= 15 is 0 Å². The van der Waals surface area contributed by atoms with Crippen molar-refractivity contribution >= 4 is 16.7 Å². The Morgan fingerprint density at radius 3 is 2.74 bits per heavy atom. The summed E-state index contributed by atoms with van der Waals surface area (Å²) in [7, 11) is 1.62. The summed E-state index contributed by atoms with van der Waals surface area (Å²) in [6.07, 6.45) is 0. The molecule has 0 bridgehead atoms. The van der Waals surface area contributed by atoms with Crippen LogP contribution < -0.4 is 10.1 Å². The summed E-state index contributed by atoms with van der Waals surface area (Å²) in [5, 5.41) is 14.1. The van der Waals surface area contributed by atoms with E-state index in [-0.39, 0.29) is 0 Å². The standard InChI is InChI=1S/C15H17NO3/c1-10(15(17)18)16-9-13-12-6-4-3-5-11(12)7-8-14(13)19-2/h3-8,10,16H,9H2,1-2H3,(H,17,18). The van der Waals surface area contributed by atoms with Crippen LogP contribution in [0, 0.1) is 0 Å². The molecule has 0 radical (unpaired) electrons. The lowest BCUT2D eigenvalue weighted by molar-refractivity contribution is -0.139. The number of ether oxygens (including phenoxy) is 1. The van der Waals surface area contributed by atoms with Gasteiger partial charge in [0.1, 0.15) is 11.8 Å². The first-order chi connectivity index (χ1) is 9.13. The Labute approximate surface area is 112 Å². The highest BCUT2D eigenvalue weighted by Crippen LogP contribution is 2.27. The minimum absolute atomic E-state index is 0.456. The molecule has 0 aliphatic rings. The number of nitrogens with one attached hydrogen (secondary N) is 1. The van der Waals surface area contributed by atoms with Crippen molar-refractivity contribution in [3.05, 3.63) is 42.0 Å². The van der Waals surface area contributed by atoms with Gasteiger partial charge in [-0.25, -0.2) is 0 Å². The van der Waals surface area contributed by atoms with Gasteiger partial charge in [-0.1, -0.05) is 30.3 Å². The number of hydrogen-bond donors (Lipinski definition) is 2. The largest absolute Gasteiger partial charge is 0.496 e. The quantitative estimate of drug-likeness (QED) is 0.865. The highest BCUT2D eigenvalue weighted by atomic mass is 16.5. The minimum atomic E-state index is -0.862. The second kappa shape index (κ2) is 5.71. The van der Waals surface area contributed by atoms with Gasteiger partial charge in [0.2, 0.25) is 0 Å². The average molecular weight is 259 g/mol. The van der Waals surface area contributed by atoms with Gasteiger partial charge in [-0.3, -0.25) is 4.79 Å². The predicted octanol–water partition coefficient (Wildman–Crippen LogP) is 2.41. The van der Waals surface area contributed by atoms with Gasteiger partial charge in [-0.05, 0) is 23.8 Å². The van der Waals surface area contributed by atoms with Crippen LogP contribution in [-0.4, -0.2) is 24.2 Å². The van der Waals surface area contributed by atoms with E-state index in [1.807, 2.05) is 36.4 Å². The molecule has 0 spiro atoms. The first-order valence-electron chi connectivity index (χ1n) is 6.14. The van der Waals surface area contributed by atoms with Crippen molar-refractivity contribution in [3.8, 4) is 5.75 Å². The van der Waals surface area contributed by atoms with Crippen LogP contribution >= 0.6 is 0 Å². The maximum absolute atomic E-state index is 10.8. The molecule has 0 saturated carbocycles. The molecule has 0 aliphatic carbocycles. The number of carboxylic acids is 1. The third-order valence-electron chi connectivity index (χ3n) is 3.17. The molecule has 0 saturated heterocycles. The van der Waals surface area contributed by atoms with Crippen molar-refractivity contribution in [1.29, 1.82) is 0 Å². The number of methoxy groups -OCH3 is 1. The number of rotatable bonds is 5. The second-order valence-corrected chi connectivity index (χ2v) is 4.41.